The molecule has 22 heavy (non-hydrogen) atoms. The molecule has 0 spiro atoms. The molecule has 3 atom stereocenters. The van der Waals surface area contributed by atoms with Crippen molar-refractivity contribution >= 4 is 0 Å². The van der Waals surface area contributed by atoms with Gasteiger partial charge in [0, 0.05) is 24.1 Å². The van der Waals surface area contributed by atoms with Crippen LogP contribution in [-0.2, 0) is 16.1 Å². The van der Waals surface area contributed by atoms with Crippen molar-refractivity contribution in [2.45, 2.75) is 38.3 Å². The molecule has 1 saturated heterocycles. The van der Waals surface area contributed by atoms with Crippen molar-refractivity contribution in [1.29, 1.82) is 0 Å². The van der Waals surface area contributed by atoms with Gasteiger partial charge in [0.15, 0.2) is 0 Å². The Morgan fingerprint density at radius 1 is 1.64 bits per heavy atom. The lowest BCUT2D eigenvalue weighted by molar-refractivity contribution is -0.0273. The van der Waals surface area contributed by atoms with E-state index in [0.717, 1.165) is 0 Å². The highest BCUT2D eigenvalue weighted by Gasteiger charge is 2.35. The number of hydrogen-bond acceptors (Lipinski definition) is 6. The van der Waals surface area contributed by atoms with E-state index >= 15 is 0 Å². The zero-order chi connectivity index (χ0) is 16.1. The fourth-order valence-corrected chi connectivity index (χ4v) is 2.29. The topological polar surface area (TPSA) is 142 Å². The molecule has 0 aromatic carbocycles. The van der Waals surface area contributed by atoms with Crippen molar-refractivity contribution in [3.05, 3.63) is 43.0 Å². The van der Waals surface area contributed by atoms with Crippen molar-refractivity contribution in [3.8, 4) is 0 Å². The van der Waals surface area contributed by atoms with Crippen molar-refractivity contribution in [2.75, 3.05) is 13.2 Å². The second-order valence-electron chi connectivity index (χ2n) is 4.78. The van der Waals surface area contributed by atoms with Gasteiger partial charge in [-0.25, -0.2) is 4.79 Å². The average Bonchev–Trinajstić information content (AvgIpc) is 2.89. The van der Waals surface area contributed by atoms with E-state index in [1.165, 1.54) is 10.8 Å². The highest BCUT2D eigenvalue weighted by atomic mass is 16.5. The minimum absolute atomic E-state index is 0.0715. The van der Waals surface area contributed by atoms with Crippen LogP contribution in [0.25, 0.3) is 10.4 Å². The number of rotatable bonds is 6. The van der Waals surface area contributed by atoms with Gasteiger partial charge in [-0.15, -0.1) is 0 Å². The first-order chi connectivity index (χ1) is 10.6. The van der Waals surface area contributed by atoms with Crippen LogP contribution < -0.4 is 11.2 Å². The summed E-state index contributed by atoms with van der Waals surface area (Å²) in [5, 5.41) is 12.8. The van der Waals surface area contributed by atoms with E-state index in [-0.39, 0.29) is 25.2 Å². The number of nitrogens with one attached hydrogen (secondary N) is 1. The second-order valence-corrected chi connectivity index (χ2v) is 4.78. The van der Waals surface area contributed by atoms with Crippen LogP contribution in [0.1, 0.15) is 25.1 Å². The molecule has 0 aliphatic carbocycles. The van der Waals surface area contributed by atoms with Gasteiger partial charge in [-0.2, -0.15) is 0 Å². The SMILES string of the molecule is CCOCc1cn([C@H]2C[C@H](N=[N+]=[N-])[C@@H](CO)O2)c(=O)[nH]c1=O. The molecule has 120 valence electrons. The third-order valence-corrected chi connectivity index (χ3v) is 3.40. The van der Waals surface area contributed by atoms with Gasteiger partial charge in [0.1, 0.15) is 6.23 Å². The number of aromatic amines is 1. The van der Waals surface area contributed by atoms with Gasteiger partial charge < -0.3 is 14.6 Å². The lowest BCUT2D eigenvalue weighted by Gasteiger charge is -2.15. The molecule has 0 unspecified atom stereocenters. The molecule has 1 aromatic heterocycles. The number of ether oxygens (including phenoxy) is 2. The van der Waals surface area contributed by atoms with Crippen molar-refractivity contribution in [2.24, 2.45) is 5.11 Å². The normalized spacial score (nSPS) is 24.2. The number of aromatic nitrogens is 2. The molecule has 10 heteroatoms. The fraction of sp³-hybridized carbons (Fsp3) is 0.667. The van der Waals surface area contributed by atoms with Crippen molar-refractivity contribution in [1.82, 2.24) is 9.55 Å². The van der Waals surface area contributed by atoms with Crippen LogP contribution in [0.2, 0.25) is 0 Å². The molecule has 10 nitrogen and oxygen atoms in total. The van der Waals surface area contributed by atoms with Crippen LogP contribution in [0.5, 0.6) is 0 Å². The van der Waals surface area contributed by atoms with Gasteiger partial charge >= 0.3 is 5.69 Å². The van der Waals surface area contributed by atoms with Crippen LogP contribution in [-0.4, -0.2) is 40.0 Å². The number of aliphatic hydroxyl groups excluding tert-OH is 1. The molecule has 1 aliphatic heterocycles. The Morgan fingerprint density at radius 2 is 2.41 bits per heavy atom. The molecule has 0 bridgehead atoms. The number of nitrogens with zero attached hydrogens (tertiary/aromatic N) is 4. The summed E-state index contributed by atoms with van der Waals surface area (Å²) in [4.78, 5) is 28.5. The molecule has 1 fully saturated rings. The highest BCUT2D eigenvalue weighted by molar-refractivity contribution is 5.04. The molecule has 0 saturated carbocycles. The van der Waals surface area contributed by atoms with Gasteiger partial charge in [0.2, 0.25) is 0 Å². The molecular formula is C12H17N5O5. The first-order valence-electron chi connectivity index (χ1n) is 6.83. The summed E-state index contributed by atoms with van der Waals surface area (Å²) in [6.07, 6.45) is 0.191. The Kier molecular flexibility index (Phi) is 5.34. The number of H-pyrrole nitrogens is 1. The van der Waals surface area contributed by atoms with Crippen LogP contribution in [0.4, 0.5) is 0 Å². The Hall–Kier alpha value is -2.13. The minimum Gasteiger partial charge on any atom is -0.394 e. The maximum atomic E-state index is 11.9. The molecule has 0 radical (unpaired) electrons. The highest BCUT2D eigenvalue weighted by Crippen LogP contribution is 2.29. The van der Waals surface area contributed by atoms with Crippen LogP contribution in [0, 0.1) is 0 Å². The lowest BCUT2D eigenvalue weighted by Crippen LogP contribution is -2.34. The second kappa shape index (κ2) is 7.23. The summed E-state index contributed by atoms with van der Waals surface area (Å²) in [5.41, 5.74) is 7.66. The molecule has 2 heterocycles. The Labute approximate surface area is 124 Å². The lowest BCUT2D eigenvalue weighted by atomic mass is 10.1. The summed E-state index contributed by atoms with van der Waals surface area (Å²) in [7, 11) is 0. The van der Waals surface area contributed by atoms with Crippen molar-refractivity contribution < 1.29 is 14.6 Å². The predicted octanol–water partition coefficient (Wildman–Crippen LogP) is 0.0318. The monoisotopic (exact) mass is 311 g/mol. The summed E-state index contributed by atoms with van der Waals surface area (Å²) in [6.45, 7) is 1.97. The molecular weight excluding hydrogens is 294 g/mol. The number of azide groups is 1. The van der Waals surface area contributed by atoms with Crippen LogP contribution in [0.15, 0.2) is 20.9 Å². The molecule has 2 rings (SSSR count). The summed E-state index contributed by atoms with van der Waals surface area (Å²) >= 11 is 0. The van der Waals surface area contributed by atoms with Gasteiger partial charge in [-0.05, 0) is 12.5 Å². The van der Waals surface area contributed by atoms with E-state index in [1.54, 1.807) is 6.92 Å². The van der Waals surface area contributed by atoms with Crippen LogP contribution >= 0.6 is 0 Å². The van der Waals surface area contributed by atoms with E-state index in [1.807, 2.05) is 0 Å². The first-order valence-corrected chi connectivity index (χ1v) is 6.83. The van der Waals surface area contributed by atoms with Gasteiger partial charge in [-0.3, -0.25) is 14.3 Å². The van der Waals surface area contributed by atoms with E-state index in [4.69, 9.17) is 15.0 Å². The third kappa shape index (κ3) is 3.37. The minimum atomic E-state index is -0.725. The third-order valence-electron chi connectivity index (χ3n) is 3.40. The largest absolute Gasteiger partial charge is 0.394 e. The van der Waals surface area contributed by atoms with Gasteiger partial charge in [0.25, 0.3) is 5.56 Å². The van der Waals surface area contributed by atoms with Crippen molar-refractivity contribution in [3.63, 3.8) is 0 Å². The Bertz CT molecular complexity index is 677. The fourth-order valence-electron chi connectivity index (χ4n) is 2.29. The zero-order valence-corrected chi connectivity index (χ0v) is 12.0. The van der Waals surface area contributed by atoms with E-state index < -0.39 is 29.6 Å². The van der Waals surface area contributed by atoms with Gasteiger partial charge in [-0.1, -0.05) is 5.11 Å². The zero-order valence-electron chi connectivity index (χ0n) is 12.0. The smallest absolute Gasteiger partial charge is 0.330 e. The van der Waals surface area contributed by atoms with E-state index in [9.17, 15) is 14.7 Å². The van der Waals surface area contributed by atoms with Gasteiger partial charge in [0.05, 0.1) is 30.9 Å². The summed E-state index contributed by atoms with van der Waals surface area (Å²) < 4.78 is 11.9. The quantitative estimate of drug-likeness (QED) is 0.433. The predicted molar refractivity (Wildman–Crippen MR) is 75.2 cm³/mol. The molecule has 2 N–H and O–H groups in total. The summed E-state index contributed by atoms with van der Waals surface area (Å²) in [5.74, 6) is 0. The number of aliphatic hydroxyl groups is 1. The molecule has 0 amide bonds. The van der Waals surface area contributed by atoms with E-state index in [0.29, 0.717) is 6.61 Å². The Balaban J connectivity index is 2.30. The van der Waals surface area contributed by atoms with Crippen LogP contribution in [0.3, 0.4) is 0 Å². The first kappa shape index (κ1) is 16.2. The van der Waals surface area contributed by atoms with E-state index in [2.05, 4.69) is 15.0 Å². The Morgan fingerprint density at radius 3 is 3.05 bits per heavy atom. The standard InChI is InChI=1S/C12H17N5O5/c1-2-21-6-7-4-17(12(20)14-11(7)19)10-3-8(15-16-13)9(5-18)22-10/h4,8-10,18H,2-3,5-6H2,1H3,(H,14,19,20)/t8-,9+,10+/m0/s1. The average molecular weight is 311 g/mol. The maximum absolute atomic E-state index is 11.9. The molecule has 1 aromatic rings. The summed E-state index contributed by atoms with van der Waals surface area (Å²) in [6, 6.07) is -0.575. The molecule has 1 aliphatic rings. The number of hydrogen-bond donors (Lipinski definition) is 2. The maximum Gasteiger partial charge on any atom is 0.330 e.